The first-order chi connectivity index (χ1) is 37.3. The van der Waals surface area contributed by atoms with Gasteiger partial charge >= 0.3 is 0 Å². The number of anilines is 1. The molecule has 3 heterocycles. The average molecular weight is 1090 g/mol. The highest BCUT2D eigenvalue weighted by atomic mass is 19.1. The van der Waals surface area contributed by atoms with E-state index in [0.717, 1.165) is 51.7 Å². The molecule has 14 heteroatoms. The number of benzene rings is 1. The third kappa shape index (κ3) is 29.1. The maximum Gasteiger partial charge on any atom is 0.257 e. The monoisotopic (exact) mass is 1090 g/mol. The van der Waals surface area contributed by atoms with Crippen LogP contribution in [-0.2, 0) is 14.4 Å². The number of ketones is 1. The molecule has 0 saturated carbocycles. The van der Waals surface area contributed by atoms with E-state index in [0.29, 0.717) is 36.2 Å². The van der Waals surface area contributed by atoms with Gasteiger partial charge in [0.25, 0.3) is 5.56 Å². The molecule has 0 radical (unpaired) electrons. The summed E-state index contributed by atoms with van der Waals surface area (Å²) in [6.45, 7) is 40.2. The summed E-state index contributed by atoms with van der Waals surface area (Å²) in [7, 11) is 5.54. The lowest BCUT2D eigenvalue weighted by molar-refractivity contribution is -0.106. The molecule has 1 aromatic carbocycles. The summed E-state index contributed by atoms with van der Waals surface area (Å²) in [6.07, 6.45) is 25.6. The molecular weight excluding hydrogens is 985 g/mol. The minimum Gasteiger partial charge on any atom is -0.386 e. The summed E-state index contributed by atoms with van der Waals surface area (Å²) in [5.74, 6) is -0.0957. The lowest BCUT2D eigenvalue weighted by Gasteiger charge is -2.33. The first-order valence-corrected chi connectivity index (χ1v) is 28.1. The fraction of sp³-hybridized carbons (Fsp3) is 0.547. The molecule has 0 aliphatic carbocycles. The van der Waals surface area contributed by atoms with Crippen LogP contribution < -0.4 is 10.9 Å². The van der Waals surface area contributed by atoms with Gasteiger partial charge in [-0.05, 0) is 147 Å². The normalized spacial score (nSPS) is 12.8. The van der Waals surface area contributed by atoms with Crippen molar-refractivity contribution in [2.45, 2.75) is 174 Å². The third-order valence-corrected chi connectivity index (χ3v) is 12.9. The first kappa shape index (κ1) is 76.2. The predicted molar refractivity (Wildman–Crippen MR) is 329 cm³/mol. The number of aromatic nitrogens is 2. The van der Waals surface area contributed by atoms with Gasteiger partial charge in [-0.2, -0.15) is 0 Å². The van der Waals surface area contributed by atoms with Crippen molar-refractivity contribution in [2.24, 2.45) is 10.9 Å². The SMILES string of the molecule is C=O.C=O.CC.CC(=C/C=NC=O)/C=C(\C)N(C)C.CCCC(CCC)CN(CCC)CCC.CCCCC.CNc1cc(=O)n(-c2ccnc(C)c2/C=C(\C)C(C)N2CC=C(c3c(C)cc(C(C)=O)cc3F)CC2)cc1F. The van der Waals surface area contributed by atoms with Crippen LogP contribution in [0.15, 0.2) is 81.5 Å². The van der Waals surface area contributed by atoms with Crippen LogP contribution in [0.5, 0.6) is 0 Å². The molecule has 3 aromatic rings. The molecule has 0 fully saturated rings. The number of amides is 1. The topological polar surface area (TPSA) is 137 Å². The van der Waals surface area contributed by atoms with Gasteiger partial charge in [0.05, 0.1) is 17.6 Å². The van der Waals surface area contributed by atoms with E-state index in [-0.39, 0.29) is 28.9 Å². The molecular formula is C64H103F2N7O5. The maximum absolute atomic E-state index is 14.9. The van der Waals surface area contributed by atoms with Gasteiger partial charge in [0.1, 0.15) is 19.4 Å². The summed E-state index contributed by atoms with van der Waals surface area (Å²) in [5.41, 5.74) is 7.78. The standard InChI is InChI=1S/C31H34F2N4O2.C14H31N.C10H16N2O.C5H12.C2H6.2CH2O/c1-18(14-25-20(3)35-10-7-29(25)37-17-27(33)28(34-6)16-30(37)39)21(4)36-11-8-23(9-12-36)31-19(2)13-24(22(5)38)15-26(31)32;1-5-9-14(10-6-2)13-15(11-7-3)12-8-4;1-9(5-6-11-8-13)7-10(2)12(3)4;1-3-5-4-2;3*1-2/h7-8,10,13-17,21,34H,9,11-12H2,1-6H3;14H,5-13H2,1-4H3;5-8H,1-4H3;3-5H2,1-2H3;1-2H3;2*1H2/b18-14+;;9-5-,10-7+,11-6?;;;;. The summed E-state index contributed by atoms with van der Waals surface area (Å²) in [5, 5.41) is 2.69. The van der Waals surface area contributed by atoms with Crippen molar-refractivity contribution in [3.8, 4) is 5.69 Å². The molecule has 0 spiro atoms. The van der Waals surface area contributed by atoms with Crippen LogP contribution in [0.4, 0.5) is 14.5 Å². The van der Waals surface area contributed by atoms with E-state index < -0.39 is 5.82 Å². The van der Waals surface area contributed by atoms with Crippen LogP contribution in [0.1, 0.15) is 187 Å². The number of aliphatic imine (C=N–C) groups is 1. The van der Waals surface area contributed by atoms with Crippen molar-refractivity contribution in [3.05, 3.63) is 122 Å². The summed E-state index contributed by atoms with van der Waals surface area (Å²) in [6, 6.07) is 6.08. The van der Waals surface area contributed by atoms with Gasteiger partial charge in [0, 0.05) is 93.4 Å². The smallest absolute Gasteiger partial charge is 0.257 e. The lowest BCUT2D eigenvalue weighted by Crippen LogP contribution is -2.37. The van der Waals surface area contributed by atoms with E-state index in [1.54, 1.807) is 31.5 Å². The van der Waals surface area contributed by atoms with Gasteiger partial charge in [-0.15, -0.1) is 0 Å². The highest BCUT2D eigenvalue weighted by molar-refractivity contribution is 5.94. The van der Waals surface area contributed by atoms with Crippen molar-refractivity contribution < 1.29 is 28.0 Å². The number of Topliss-reactive ketones (excluding diaryl/α,β-unsaturated/α-hetero) is 1. The molecule has 1 unspecified atom stereocenters. The zero-order valence-corrected chi connectivity index (χ0v) is 51.6. The fourth-order valence-corrected chi connectivity index (χ4v) is 8.59. The van der Waals surface area contributed by atoms with Crippen LogP contribution in [0, 0.1) is 31.4 Å². The molecule has 438 valence electrons. The number of aryl methyl sites for hydroxylation is 2. The molecule has 2 aromatic heterocycles. The average Bonchev–Trinajstić information content (AvgIpc) is 3.42. The van der Waals surface area contributed by atoms with Gasteiger partial charge in [0.15, 0.2) is 11.6 Å². The number of halogens is 2. The minimum atomic E-state index is -0.523. The zero-order valence-electron chi connectivity index (χ0n) is 51.6. The van der Waals surface area contributed by atoms with E-state index in [1.165, 1.54) is 113 Å². The number of unbranched alkanes of at least 4 members (excludes halogenated alkanes) is 2. The minimum absolute atomic E-state index is 0.0569. The molecule has 0 saturated heterocycles. The molecule has 1 aliphatic rings. The van der Waals surface area contributed by atoms with Crippen LogP contribution in [0.3, 0.4) is 0 Å². The fourth-order valence-electron chi connectivity index (χ4n) is 8.59. The van der Waals surface area contributed by atoms with Crippen LogP contribution in [0.2, 0.25) is 0 Å². The Morgan fingerprint density at radius 2 is 1.47 bits per heavy atom. The van der Waals surface area contributed by atoms with Crippen LogP contribution in [-0.4, -0.2) is 116 Å². The van der Waals surface area contributed by atoms with Crippen molar-refractivity contribution in [1.29, 1.82) is 0 Å². The summed E-state index contributed by atoms with van der Waals surface area (Å²) in [4.78, 5) is 65.2. The Hall–Kier alpha value is -5.99. The molecule has 12 nitrogen and oxygen atoms in total. The number of nitrogens with one attached hydrogen (secondary N) is 1. The van der Waals surface area contributed by atoms with E-state index in [4.69, 9.17) is 9.59 Å². The van der Waals surface area contributed by atoms with Crippen molar-refractivity contribution in [2.75, 3.05) is 59.2 Å². The molecule has 1 aliphatic heterocycles. The Bertz CT molecular complexity index is 2320. The van der Waals surface area contributed by atoms with Gasteiger partial charge in [-0.25, -0.2) is 13.8 Å². The summed E-state index contributed by atoms with van der Waals surface area (Å²) >= 11 is 0. The largest absolute Gasteiger partial charge is 0.386 e. The molecule has 78 heavy (non-hydrogen) atoms. The van der Waals surface area contributed by atoms with Gasteiger partial charge in [-0.1, -0.05) is 105 Å². The van der Waals surface area contributed by atoms with E-state index in [1.807, 2.05) is 93.2 Å². The number of pyridine rings is 2. The highest BCUT2D eigenvalue weighted by Gasteiger charge is 2.23. The summed E-state index contributed by atoms with van der Waals surface area (Å²) < 4.78 is 30.8. The number of carbonyl (C=O) groups excluding carboxylic acids is 4. The van der Waals surface area contributed by atoms with Gasteiger partial charge < -0.3 is 24.7 Å². The number of carbonyl (C=O) groups is 4. The predicted octanol–water partition coefficient (Wildman–Crippen LogP) is 14.8. The van der Waals surface area contributed by atoms with E-state index >= 15 is 0 Å². The van der Waals surface area contributed by atoms with Crippen LogP contribution >= 0.6 is 0 Å². The highest BCUT2D eigenvalue weighted by Crippen LogP contribution is 2.31. The number of rotatable bonds is 23. The second kappa shape index (κ2) is 46.0. The Kier molecular flexibility index (Phi) is 44.9. The Morgan fingerprint density at radius 1 is 0.885 bits per heavy atom. The molecule has 1 amide bonds. The zero-order chi connectivity index (χ0) is 60.3. The number of allylic oxidation sites excluding steroid dienone is 4. The number of nitrogens with zero attached hydrogens (tertiary/aromatic N) is 6. The number of hydrogen-bond acceptors (Lipinski definition) is 10. The van der Waals surface area contributed by atoms with Crippen LogP contribution in [0.25, 0.3) is 17.3 Å². The maximum atomic E-state index is 14.9. The molecule has 0 bridgehead atoms. The second-order valence-electron chi connectivity index (χ2n) is 19.2. The lowest BCUT2D eigenvalue weighted by atomic mass is 9.92. The molecule has 4 rings (SSSR count). The Balaban J connectivity index is -0.00000118. The van der Waals surface area contributed by atoms with Crippen molar-refractivity contribution in [3.63, 3.8) is 0 Å². The molecule has 1 N–H and O–H groups in total. The number of hydrogen-bond donors (Lipinski definition) is 1. The van der Waals surface area contributed by atoms with Gasteiger partial charge in [0.2, 0.25) is 6.41 Å². The Labute approximate surface area is 471 Å². The third-order valence-electron chi connectivity index (χ3n) is 12.9. The van der Waals surface area contributed by atoms with Crippen molar-refractivity contribution in [1.82, 2.24) is 24.3 Å². The quantitative estimate of drug-likeness (QED) is 0.0423. The van der Waals surface area contributed by atoms with E-state index in [9.17, 15) is 23.2 Å². The first-order valence-electron chi connectivity index (χ1n) is 28.1. The van der Waals surface area contributed by atoms with E-state index in [2.05, 4.69) is 79.6 Å². The molecule has 1 atom stereocenters. The van der Waals surface area contributed by atoms with Crippen molar-refractivity contribution >= 4 is 49.3 Å². The second-order valence-corrected chi connectivity index (χ2v) is 19.2. The van der Waals surface area contributed by atoms with Gasteiger partial charge in [-0.3, -0.25) is 28.8 Å². The Morgan fingerprint density at radius 3 is 1.92 bits per heavy atom.